The molecule has 0 aromatic carbocycles. The SMILES string of the molecule is CC=C(NCC(=O)OC)[C@@H](N)C(C)C. The first kappa shape index (κ1) is 13.0. The number of ether oxygens (including phenoxy) is 1. The van der Waals surface area contributed by atoms with Gasteiger partial charge in [0, 0.05) is 11.7 Å². The van der Waals surface area contributed by atoms with Crippen molar-refractivity contribution in [2.75, 3.05) is 13.7 Å². The van der Waals surface area contributed by atoms with Crippen LogP contribution in [0.2, 0.25) is 0 Å². The minimum Gasteiger partial charge on any atom is -0.468 e. The molecule has 82 valence electrons. The maximum atomic E-state index is 10.9. The van der Waals surface area contributed by atoms with E-state index in [1.54, 1.807) is 0 Å². The Kier molecular flexibility index (Phi) is 5.95. The Morgan fingerprint density at radius 1 is 1.57 bits per heavy atom. The second kappa shape index (κ2) is 6.43. The fraction of sp³-hybridized carbons (Fsp3) is 0.700. The quantitative estimate of drug-likeness (QED) is 0.639. The number of esters is 1. The monoisotopic (exact) mass is 200 g/mol. The third kappa shape index (κ3) is 4.28. The first-order chi connectivity index (χ1) is 6.52. The standard InChI is InChI=1S/C10H20N2O2/c1-5-8(10(11)7(2)3)12-6-9(13)14-4/h5,7,10,12H,6,11H2,1-4H3/t10-/m0/s1. The molecule has 4 nitrogen and oxygen atoms in total. The van der Waals surface area contributed by atoms with Crippen LogP contribution >= 0.6 is 0 Å². The van der Waals surface area contributed by atoms with Crippen LogP contribution in [0.3, 0.4) is 0 Å². The fourth-order valence-corrected chi connectivity index (χ4v) is 1.02. The summed E-state index contributed by atoms with van der Waals surface area (Å²) in [5, 5.41) is 2.96. The van der Waals surface area contributed by atoms with E-state index in [0.717, 1.165) is 5.70 Å². The van der Waals surface area contributed by atoms with Gasteiger partial charge in [0.25, 0.3) is 0 Å². The molecule has 0 spiro atoms. The van der Waals surface area contributed by atoms with E-state index < -0.39 is 0 Å². The molecule has 0 fully saturated rings. The van der Waals surface area contributed by atoms with Gasteiger partial charge < -0.3 is 15.8 Å². The molecule has 0 aromatic heterocycles. The van der Waals surface area contributed by atoms with Crippen molar-refractivity contribution in [2.45, 2.75) is 26.8 Å². The molecule has 0 aromatic rings. The Hall–Kier alpha value is -1.03. The summed E-state index contributed by atoms with van der Waals surface area (Å²) in [4.78, 5) is 10.9. The lowest BCUT2D eigenvalue weighted by Gasteiger charge is -2.20. The summed E-state index contributed by atoms with van der Waals surface area (Å²) in [6.45, 7) is 6.13. The Bertz CT molecular complexity index is 212. The highest BCUT2D eigenvalue weighted by Gasteiger charge is 2.13. The Labute approximate surface area is 85.5 Å². The molecular weight excluding hydrogens is 180 g/mol. The molecule has 0 saturated carbocycles. The smallest absolute Gasteiger partial charge is 0.325 e. The summed E-state index contributed by atoms with van der Waals surface area (Å²) in [6.07, 6.45) is 1.88. The zero-order valence-electron chi connectivity index (χ0n) is 9.33. The molecule has 0 aliphatic rings. The van der Waals surface area contributed by atoms with E-state index >= 15 is 0 Å². The maximum Gasteiger partial charge on any atom is 0.325 e. The number of methoxy groups -OCH3 is 1. The molecule has 3 N–H and O–H groups in total. The lowest BCUT2D eigenvalue weighted by molar-refractivity contribution is -0.139. The van der Waals surface area contributed by atoms with Crippen molar-refractivity contribution in [1.82, 2.24) is 5.32 Å². The number of nitrogens with one attached hydrogen (secondary N) is 1. The second-order valence-corrected chi connectivity index (χ2v) is 3.44. The molecule has 0 unspecified atom stereocenters. The van der Waals surface area contributed by atoms with Crippen molar-refractivity contribution in [3.63, 3.8) is 0 Å². The zero-order valence-corrected chi connectivity index (χ0v) is 9.33. The van der Waals surface area contributed by atoms with Gasteiger partial charge in [-0.1, -0.05) is 19.9 Å². The number of hydrogen-bond acceptors (Lipinski definition) is 4. The van der Waals surface area contributed by atoms with E-state index in [1.165, 1.54) is 7.11 Å². The van der Waals surface area contributed by atoms with Gasteiger partial charge in [0.05, 0.1) is 7.11 Å². The molecule has 0 amide bonds. The van der Waals surface area contributed by atoms with Crippen molar-refractivity contribution in [2.24, 2.45) is 11.7 Å². The van der Waals surface area contributed by atoms with Gasteiger partial charge in [0.2, 0.25) is 0 Å². The summed E-state index contributed by atoms with van der Waals surface area (Å²) in [5.41, 5.74) is 6.80. The van der Waals surface area contributed by atoms with Gasteiger partial charge in [-0.3, -0.25) is 4.79 Å². The number of carbonyl (C=O) groups is 1. The largest absolute Gasteiger partial charge is 0.468 e. The average Bonchev–Trinajstić information content (AvgIpc) is 2.17. The summed E-state index contributed by atoms with van der Waals surface area (Å²) >= 11 is 0. The topological polar surface area (TPSA) is 64.3 Å². The highest BCUT2D eigenvalue weighted by Crippen LogP contribution is 2.06. The minimum atomic E-state index is -0.291. The number of allylic oxidation sites excluding steroid dienone is 1. The van der Waals surface area contributed by atoms with Gasteiger partial charge in [-0.2, -0.15) is 0 Å². The van der Waals surface area contributed by atoms with Crippen LogP contribution in [0.25, 0.3) is 0 Å². The fourth-order valence-electron chi connectivity index (χ4n) is 1.02. The third-order valence-electron chi connectivity index (χ3n) is 2.05. The van der Waals surface area contributed by atoms with Gasteiger partial charge in [0.15, 0.2) is 0 Å². The van der Waals surface area contributed by atoms with E-state index in [0.29, 0.717) is 5.92 Å². The van der Waals surface area contributed by atoms with Crippen molar-refractivity contribution in [3.05, 3.63) is 11.8 Å². The number of nitrogens with two attached hydrogens (primary N) is 1. The molecule has 0 heterocycles. The first-order valence-electron chi connectivity index (χ1n) is 4.75. The lowest BCUT2D eigenvalue weighted by atomic mass is 10.0. The van der Waals surface area contributed by atoms with Gasteiger partial charge in [-0.15, -0.1) is 0 Å². The first-order valence-corrected chi connectivity index (χ1v) is 4.75. The van der Waals surface area contributed by atoms with E-state index in [2.05, 4.69) is 10.1 Å². The van der Waals surface area contributed by atoms with Crippen LogP contribution in [0.15, 0.2) is 11.8 Å². The Balaban J connectivity index is 4.12. The van der Waals surface area contributed by atoms with Crippen LogP contribution in [0.4, 0.5) is 0 Å². The molecule has 0 aliphatic heterocycles. The number of hydrogen-bond donors (Lipinski definition) is 2. The van der Waals surface area contributed by atoms with Crippen molar-refractivity contribution < 1.29 is 9.53 Å². The molecular formula is C10H20N2O2. The molecule has 0 rings (SSSR count). The van der Waals surface area contributed by atoms with Gasteiger partial charge in [0.1, 0.15) is 6.54 Å². The lowest BCUT2D eigenvalue weighted by Crippen LogP contribution is -2.37. The molecule has 0 aliphatic carbocycles. The third-order valence-corrected chi connectivity index (χ3v) is 2.05. The van der Waals surface area contributed by atoms with Crippen molar-refractivity contribution in [3.8, 4) is 0 Å². The number of carbonyl (C=O) groups excluding carboxylic acids is 1. The van der Waals surface area contributed by atoms with E-state index in [4.69, 9.17) is 5.73 Å². The molecule has 1 atom stereocenters. The van der Waals surface area contributed by atoms with Crippen LogP contribution in [-0.2, 0) is 9.53 Å². The highest BCUT2D eigenvalue weighted by molar-refractivity contribution is 5.71. The van der Waals surface area contributed by atoms with Crippen LogP contribution in [0.5, 0.6) is 0 Å². The van der Waals surface area contributed by atoms with E-state index in [1.807, 2.05) is 26.8 Å². The van der Waals surface area contributed by atoms with Gasteiger partial charge in [-0.25, -0.2) is 0 Å². The minimum absolute atomic E-state index is 0.0651. The predicted octanol–water partition coefficient (Wildman–Crippen LogP) is 0.636. The molecule has 4 heteroatoms. The van der Waals surface area contributed by atoms with Gasteiger partial charge in [-0.05, 0) is 12.8 Å². The van der Waals surface area contributed by atoms with Crippen molar-refractivity contribution in [1.29, 1.82) is 0 Å². The van der Waals surface area contributed by atoms with Crippen LogP contribution in [0, 0.1) is 5.92 Å². The second-order valence-electron chi connectivity index (χ2n) is 3.44. The van der Waals surface area contributed by atoms with Crippen molar-refractivity contribution >= 4 is 5.97 Å². The highest BCUT2D eigenvalue weighted by atomic mass is 16.5. The Morgan fingerprint density at radius 3 is 2.50 bits per heavy atom. The van der Waals surface area contributed by atoms with E-state index in [-0.39, 0.29) is 18.6 Å². The van der Waals surface area contributed by atoms with Crippen LogP contribution < -0.4 is 11.1 Å². The van der Waals surface area contributed by atoms with E-state index in [9.17, 15) is 4.79 Å². The normalized spacial score (nSPS) is 14.0. The van der Waals surface area contributed by atoms with Crippen LogP contribution in [0.1, 0.15) is 20.8 Å². The summed E-state index contributed by atoms with van der Waals surface area (Å²) < 4.78 is 4.52. The Morgan fingerprint density at radius 2 is 2.14 bits per heavy atom. The maximum absolute atomic E-state index is 10.9. The molecule has 0 bridgehead atoms. The predicted molar refractivity (Wildman–Crippen MR) is 56.6 cm³/mol. The van der Waals surface area contributed by atoms with Gasteiger partial charge >= 0.3 is 5.97 Å². The zero-order chi connectivity index (χ0) is 11.1. The summed E-state index contributed by atoms with van der Waals surface area (Å²) in [6, 6.07) is -0.0651. The molecule has 0 saturated heterocycles. The average molecular weight is 200 g/mol. The summed E-state index contributed by atoms with van der Waals surface area (Å²) in [5.74, 6) is 0.0478. The van der Waals surface area contributed by atoms with Crippen LogP contribution in [-0.4, -0.2) is 25.7 Å². The number of rotatable bonds is 5. The summed E-state index contributed by atoms with van der Waals surface area (Å²) in [7, 11) is 1.36. The molecule has 14 heavy (non-hydrogen) atoms. The molecule has 0 radical (unpaired) electrons.